The summed E-state index contributed by atoms with van der Waals surface area (Å²) in [5.41, 5.74) is 1.70. The number of amides is 1. The minimum absolute atomic E-state index is 0.109. The van der Waals surface area contributed by atoms with Gasteiger partial charge in [0.05, 0.1) is 17.1 Å². The van der Waals surface area contributed by atoms with Crippen LogP contribution < -0.4 is 15.4 Å². The highest BCUT2D eigenvalue weighted by Crippen LogP contribution is 2.22. The number of aliphatic imine (C=N–C) groups is 1. The lowest BCUT2D eigenvalue weighted by molar-refractivity contribution is -0.114. The van der Waals surface area contributed by atoms with Gasteiger partial charge < -0.3 is 10.6 Å². The molecule has 7 nitrogen and oxygen atoms in total. The number of rotatable bonds is 5. The highest BCUT2D eigenvalue weighted by molar-refractivity contribution is 7.92. The number of sulfonamides is 1. The summed E-state index contributed by atoms with van der Waals surface area (Å²) in [6.07, 6.45) is 0. The normalized spacial score (nSPS) is 13.7. The molecule has 0 unspecified atom stereocenters. The van der Waals surface area contributed by atoms with E-state index in [-0.39, 0.29) is 10.8 Å². The van der Waals surface area contributed by atoms with Crippen LogP contribution in [0.2, 0.25) is 0 Å². The number of hydrogen-bond donors (Lipinski definition) is 3. The van der Waals surface area contributed by atoms with E-state index in [0.717, 1.165) is 6.54 Å². The summed E-state index contributed by atoms with van der Waals surface area (Å²) in [6, 6.07) is 13.1. The van der Waals surface area contributed by atoms with Crippen LogP contribution in [0.4, 0.5) is 11.4 Å². The fourth-order valence-corrected chi connectivity index (χ4v) is 3.56. The van der Waals surface area contributed by atoms with Crippen molar-refractivity contribution in [3.8, 4) is 0 Å². The van der Waals surface area contributed by atoms with Crippen molar-refractivity contribution in [3.63, 3.8) is 0 Å². The SMILES string of the molecule is CC(=O)Nc1ccc(S(=O)(=O)Nc2ccccc2C2=NCCN2)cc1. The van der Waals surface area contributed by atoms with Crippen molar-refractivity contribution >= 4 is 33.1 Å². The van der Waals surface area contributed by atoms with E-state index >= 15 is 0 Å². The maximum atomic E-state index is 12.6. The van der Waals surface area contributed by atoms with Crippen molar-refractivity contribution in [2.45, 2.75) is 11.8 Å². The fraction of sp³-hybridized carbons (Fsp3) is 0.176. The van der Waals surface area contributed by atoms with E-state index in [0.29, 0.717) is 29.3 Å². The predicted octanol–water partition coefficient (Wildman–Crippen LogP) is 1.80. The molecule has 2 aromatic carbocycles. The van der Waals surface area contributed by atoms with Crippen LogP contribution in [0.3, 0.4) is 0 Å². The third kappa shape index (κ3) is 3.97. The smallest absolute Gasteiger partial charge is 0.261 e. The molecule has 3 N–H and O–H groups in total. The van der Waals surface area contributed by atoms with Crippen LogP contribution >= 0.6 is 0 Å². The zero-order valence-electron chi connectivity index (χ0n) is 13.6. The van der Waals surface area contributed by atoms with Gasteiger partial charge in [0.25, 0.3) is 10.0 Å². The first-order valence-corrected chi connectivity index (χ1v) is 9.22. The van der Waals surface area contributed by atoms with Gasteiger partial charge in [0.2, 0.25) is 5.91 Å². The molecule has 0 bridgehead atoms. The summed E-state index contributed by atoms with van der Waals surface area (Å²) < 4.78 is 27.9. The summed E-state index contributed by atoms with van der Waals surface area (Å²) in [6.45, 7) is 2.80. The molecule has 0 aromatic heterocycles. The van der Waals surface area contributed by atoms with Crippen LogP contribution in [0.5, 0.6) is 0 Å². The molecule has 3 rings (SSSR count). The molecule has 0 spiro atoms. The number of hydrogen-bond acceptors (Lipinski definition) is 5. The molecule has 0 fully saturated rings. The zero-order valence-corrected chi connectivity index (χ0v) is 14.4. The molecular weight excluding hydrogens is 340 g/mol. The van der Waals surface area contributed by atoms with Crippen LogP contribution in [0, 0.1) is 0 Å². The number of carbonyl (C=O) groups is 1. The molecule has 2 aromatic rings. The lowest BCUT2D eigenvalue weighted by atomic mass is 10.1. The summed E-state index contributed by atoms with van der Waals surface area (Å²) in [5.74, 6) is 0.465. The number of nitrogens with zero attached hydrogens (tertiary/aromatic N) is 1. The molecule has 25 heavy (non-hydrogen) atoms. The molecular formula is C17H18N4O3S. The molecule has 0 radical (unpaired) electrons. The standard InChI is InChI=1S/C17H18N4O3S/c1-12(22)20-13-6-8-14(9-7-13)25(23,24)21-16-5-3-2-4-15(16)17-18-10-11-19-17/h2-9,21H,10-11H2,1H3,(H,18,19)(H,20,22). The van der Waals surface area contributed by atoms with E-state index in [1.54, 1.807) is 24.3 Å². The number of amidine groups is 1. The molecule has 1 heterocycles. The molecule has 8 heteroatoms. The number of carbonyl (C=O) groups excluding carboxylic acids is 1. The van der Waals surface area contributed by atoms with Gasteiger partial charge in [-0.15, -0.1) is 0 Å². The Bertz CT molecular complexity index is 921. The first-order chi connectivity index (χ1) is 12.0. The zero-order chi connectivity index (χ0) is 17.9. The van der Waals surface area contributed by atoms with Gasteiger partial charge in [0.15, 0.2) is 0 Å². The van der Waals surface area contributed by atoms with Crippen molar-refractivity contribution in [1.82, 2.24) is 5.32 Å². The van der Waals surface area contributed by atoms with E-state index in [1.807, 2.05) is 12.1 Å². The second-order valence-corrected chi connectivity index (χ2v) is 7.20. The lowest BCUT2D eigenvalue weighted by Gasteiger charge is -2.13. The lowest BCUT2D eigenvalue weighted by Crippen LogP contribution is -2.22. The van der Waals surface area contributed by atoms with Gasteiger partial charge in [-0.2, -0.15) is 0 Å². The van der Waals surface area contributed by atoms with Gasteiger partial charge in [-0.3, -0.25) is 14.5 Å². The van der Waals surface area contributed by atoms with E-state index < -0.39 is 10.0 Å². The van der Waals surface area contributed by atoms with E-state index in [9.17, 15) is 13.2 Å². The van der Waals surface area contributed by atoms with Crippen molar-refractivity contribution in [2.24, 2.45) is 4.99 Å². The third-order valence-electron chi connectivity index (χ3n) is 3.59. The highest BCUT2D eigenvalue weighted by Gasteiger charge is 2.18. The molecule has 130 valence electrons. The van der Waals surface area contributed by atoms with Crippen LogP contribution in [-0.2, 0) is 14.8 Å². The number of nitrogens with one attached hydrogen (secondary N) is 3. The summed E-state index contributed by atoms with van der Waals surface area (Å²) in [5, 5.41) is 5.74. The third-order valence-corrected chi connectivity index (χ3v) is 4.97. The Balaban J connectivity index is 1.86. The minimum atomic E-state index is -3.76. The Hall–Kier alpha value is -2.87. The van der Waals surface area contributed by atoms with Crippen molar-refractivity contribution in [1.29, 1.82) is 0 Å². The number of para-hydroxylation sites is 1. The van der Waals surface area contributed by atoms with E-state index in [1.165, 1.54) is 19.1 Å². The maximum Gasteiger partial charge on any atom is 0.261 e. The predicted molar refractivity (Wildman–Crippen MR) is 97.4 cm³/mol. The Kier molecular flexibility index (Phi) is 4.71. The Morgan fingerprint density at radius 1 is 1.12 bits per heavy atom. The van der Waals surface area contributed by atoms with E-state index in [2.05, 4.69) is 20.3 Å². The van der Waals surface area contributed by atoms with Gasteiger partial charge in [-0.05, 0) is 36.4 Å². The molecule has 1 aliphatic heterocycles. The van der Waals surface area contributed by atoms with Crippen LogP contribution in [-0.4, -0.2) is 33.3 Å². The molecule has 0 saturated carbocycles. The molecule has 1 amide bonds. The second-order valence-electron chi connectivity index (χ2n) is 5.51. The molecule has 1 aliphatic rings. The second kappa shape index (κ2) is 6.94. The summed E-state index contributed by atoms with van der Waals surface area (Å²) >= 11 is 0. The average molecular weight is 358 g/mol. The topological polar surface area (TPSA) is 99.7 Å². The maximum absolute atomic E-state index is 12.6. The first kappa shape index (κ1) is 17.0. The van der Waals surface area contributed by atoms with Crippen molar-refractivity contribution in [3.05, 3.63) is 54.1 Å². The number of anilines is 2. The van der Waals surface area contributed by atoms with Crippen LogP contribution in [0.25, 0.3) is 0 Å². The Morgan fingerprint density at radius 2 is 1.84 bits per heavy atom. The highest BCUT2D eigenvalue weighted by atomic mass is 32.2. The monoisotopic (exact) mass is 358 g/mol. The number of benzene rings is 2. The summed E-state index contributed by atoms with van der Waals surface area (Å²) in [4.78, 5) is 15.5. The van der Waals surface area contributed by atoms with Gasteiger partial charge in [0, 0.05) is 24.7 Å². The molecule has 0 aliphatic carbocycles. The van der Waals surface area contributed by atoms with Crippen molar-refractivity contribution in [2.75, 3.05) is 23.1 Å². The molecule has 0 atom stereocenters. The quantitative estimate of drug-likeness (QED) is 0.759. The van der Waals surface area contributed by atoms with Crippen molar-refractivity contribution < 1.29 is 13.2 Å². The van der Waals surface area contributed by atoms with E-state index in [4.69, 9.17) is 0 Å². The summed E-state index contributed by atoms with van der Waals surface area (Å²) in [7, 11) is -3.76. The minimum Gasteiger partial charge on any atom is -0.368 e. The fourth-order valence-electron chi connectivity index (χ4n) is 2.48. The molecule has 0 saturated heterocycles. The van der Waals surface area contributed by atoms with Gasteiger partial charge in [-0.1, -0.05) is 12.1 Å². The van der Waals surface area contributed by atoms with Gasteiger partial charge in [-0.25, -0.2) is 8.42 Å². The Morgan fingerprint density at radius 3 is 2.48 bits per heavy atom. The largest absolute Gasteiger partial charge is 0.368 e. The van der Waals surface area contributed by atoms with Gasteiger partial charge in [0.1, 0.15) is 5.84 Å². The van der Waals surface area contributed by atoms with Gasteiger partial charge >= 0.3 is 0 Å². The average Bonchev–Trinajstić information content (AvgIpc) is 3.09. The first-order valence-electron chi connectivity index (χ1n) is 7.74. The van der Waals surface area contributed by atoms with Crippen LogP contribution in [0.15, 0.2) is 58.4 Å². The van der Waals surface area contributed by atoms with Crippen LogP contribution in [0.1, 0.15) is 12.5 Å². The Labute approximate surface area is 146 Å².